The molecule has 1 amide bonds. The molecule has 1 unspecified atom stereocenters. The normalized spacial score (nSPS) is 21.2. The summed E-state index contributed by atoms with van der Waals surface area (Å²) in [5.74, 6) is -1.09. The Balaban J connectivity index is 2.30. The fourth-order valence-electron chi connectivity index (χ4n) is 2.10. The average Bonchev–Trinajstić information content (AvgIpc) is 2.49. The lowest BCUT2D eigenvalue weighted by atomic mass is 10.1. The van der Waals surface area contributed by atoms with Crippen LogP contribution in [-0.4, -0.2) is 50.3 Å². The third-order valence-electron chi connectivity index (χ3n) is 2.84. The van der Waals surface area contributed by atoms with Gasteiger partial charge in [0.05, 0.1) is 11.4 Å². The summed E-state index contributed by atoms with van der Waals surface area (Å²) in [6, 6.07) is 0. The molecule has 0 aromatic heterocycles. The third kappa shape index (κ3) is 6.87. The van der Waals surface area contributed by atoms with Gasteiger partial charge in [-0.1, -0.05) is 0 Å². The molecule has 0 aliphatic carbocycles. The maximum Gasteiger partial charge on any atom is 0.302 e. The predicted octanol–water partition coefficient (Wildman–Crippen LogP) is 1.34. The third-order valence-corrected chi connectivity index (χ3v) is 3.71. The van der Waals surface area contributed by atoms with Crippen LogP contribution in [0.15, 0.2) is 0 Å². The van der Waals surface area contributed by atoms with Crippen molar-refractivity contribution in [1.29, 1.82) is 0 Å². The van der Waals surface area contributed by atoms with Gasteiger partial charge in [-0.05, 0) is 27.2 Å². The van der Waals surface area contributed by atoms with E-state index < -0.39 is 21.9 Å². The molecule has 0 N–H and O–H groups in total. The van der Waals surface area contributed by atoms with Crippen LogP contribution in [0.5, 0.6) is 0 Å². The number of ether oxygens (including phenoxy) is 1. The quantitative estimate of drug-likeness (QED) is 0.548. The number of hydrogen-bond donors (Lipinski definition) is 0. The van der Waals surface area contributed by atoms with E-state index in [2.05, 4.69) is 0 Å². The van der Waals surface area contributed by atoms with Crippen LogP contribution in [-0.2, 0) is 19.8 Å². The van der Waals surface area contributed by atoms with Gasteiger partial charge in [-0.2, -0.15) is 8.42 Å². The van der Waals surface area contributed by atoms with Gasteiger partial charge < -0.3 is 9.64 Å². The largest absolute Gasteiger partial charge is 0.376 e. The zero-order valence-electron chi connectivity index (χ0n) is 11.7. The summed E-state index contributed by atoms with van der Waals surface area (Å²) >= 11 is 0. The molecule has 1 saturated heterocycles. The summed E-state index contributed by atoms with van der Waals surface area (Å²) in [6.07, 6.45) is 0.807. The SMILES string of the molecule is CC(C)(C)OCCCN1CC(CS(=O)(=O)F)CC1=O. The smallest absolute Gasteiger partial charge is 0.302 e. The first-order chi connectivity index (χ1) is 8.57. The second kappa shape index (κ2) is 6.17. The molecule has 1 rings (SSSR count). The number of carbonyl (C=O) groups is 1. The lowest BCUT2D eigenvalue weighted by Gasteiger charge is -2.21. The summed E-state index contributed by atoms with van der Waals surface area (Å²) in [6.45, 7) is 7.25. The van der Waals surface area contributed by atoms with Crippen LogP contribution < -0.4 is 0 Å². The van der Waals surface area contributed by atoms with Crippen molar-refractivity contribution < 1.29 is 21.8 Å². The predicted molar refractivity (Wildman–Crippen MR) is 69.9 cm³/mol. The number of nitrogens with zero attached hydrogens (tertiary/aromatic N) is 1. The Labute approximate surface area is 114 Å². The summed E-state index contributed by atoms with van der Waals surface area (Å²) < 4.78 is 39.2. The Morgan fingerprint density at radius 3 is 2.58 bits per heavy atom. The molecule has 1 aliphatic rings. The minimum Gasteiger partial charge on any atom is -0.376 e. The van der Waals surface area contributed by atoms with Gasteiger partial charge in [-0.25, -0.2) is 0 Å². The van der Waals surface area contributed by atoms with Gasteiger partial charge in [0.2, 0.25) is 5.91 Å². The molecule has 0 aromatic rings. The Morgan fingerprint density at radius 2 is 2.05 bits per heavy atom. The lowest BCUT2D eigenvalue weighted by Crippen LogP contribution is -2.29. The molecule has 1 fully saturated rings. The summed E-state index contributed by atoms with van der Waals surface area (Å²) in [5, 5.41) is 0. The van der Waals surface area contributed by atoms with Crippen molar-refractivity contribution in [1.82, 2.24) is 4.90 Å². The molecule has 0 bridgehead atoms. The zero-order valence-corrected chi connectivity index (χ0v) is 12.5. The van der Waals surface area contributed by atoms with E-state index in [1.54, 1.807) is 4.90 Å². The first-order valence-electron chi connectivity index (χ1n) is 6.41. The van der Waals surface area contributed by atoms with Crippen LogP contribution in [0, 0.1) is 5.92 Å². The molecule has 1 atom stereocenters. The maximum atomic E-state index is 12.6. The van der Waals surface area contributed by atoms with Gasteiger partial charge in [-0.15, -0.1) is 3.89 Å². The second-order valence-electron chi connectivity index (χ2n) is 5.93. The van der Waals surface area contributed by atoms with Gasteiger partial charge in [-0.3, -0.25) is 4.79 Å². The molecule has 0 spiro atoms. The minimum atomic E-state index is -4.50. The summed E-state index contributed by atoms with van der Waals surface area (Å²) in [7, 11) is -4.50. The van der Waals surface area contributed by atoms with Crippen molar-refractivity contribution >= 4 is 16.1 Å². The first-order valence-corrected chi connectivity index (χ1v) is 7.96. The lowest BCUT2D eigenvalue weighted by molar-refractivity contribution is -0.128. The number of halogens is 1. The molecule has 1 heterocycles. The fourth-order valence-corrected chi connectivity index (χ4v) is 2.88. The minimum absolute atomic E-state index is 0.107. The molecule has 5 nitrogen and oxygen atoms in total. The van der Waals surface area contributed by atoms with E-state index in [-0.39, 0.29) is 17.9 Å². The van der Waals surface area contributed by atoms with E-state index in [9.17, 15) is 17.1 Å². The topological polar surface area (TPSA) is 63.7 Å². The van der Waals surface area contributed by atoms with E-state index in [1.165, 1.54) is 0 Å². The van der Waals surface area contributed by atoms with Crippen molar-refractivity contribution in [2.24, 2.45) is 5.92 Å². The van der Waals surface area contributed by atoms with Gasteiger partial charge in [0.25, 0.3) is 0 Å². The number of rotatable bonds is 6. The van der Waals surface area contributed by atoms with Gasteiger partial charge in [0.15, 0.2) is 0 Å². The van der Waals surface area contributed by atoms with Crippen molar-refractivity contribution in [2.75, 3.05) is 25.4 Å². The van der Waals surface area contributed by atoms with Crippen LogP contribution in [0.4, 0.5) is 3.89 Å². The highest BCUT2D eigenvalue weighted by atomic mass is 32.3. The van der Waals surface area contributed by atoms with Crippen molar-refractivity contribution in [3.63, 3.8) is 0 Å². The monoisotopic (exact) mass is 295 g/mol. The fraction of sp³-hybridized carbons (Fsp3) is 0.917. The highest BCUT2D eigenvalue weighted by molar-refractivity contribution is 7.86. The van der Waals surface area contributed by atoms with Gasteiger partial charge in [0, 0.05) is 32.0 Å². The van der Waals surface area contributed by atoms with Gasteiger partial charge >= 0.3 is 10.2 Å². The molecule has 0 saturated carbocycles. The summed E-state index contributed by atoms with van der Waals surface area (Å²) in [5.41, 5.74) is -0.208. The highest BCUT2D eigenvalue weighted by Crippen LogP contribution is 2.20. The number of carbonyl (C=O) groups excluding carboxylic acids is 1. The number of likely N-dealkylation sites (tertiary alicyclic amines) is 1. The molecule has 0 aromatic carbocycles. The Morgan fingerprint density at radius 1 is 1.42 bits per heavy atom. The van der Waals surface area contributed by atoms with Crippen LogP contribution in [0.1, 0.15) is 33.6 Å². The van der Waals surface area contributed by atoms with Crippen LogP contribution in [0.2, 0.25) is 0 Å². The van der Waals surface area contributed by atoms with E-state index >= 15 is 0 Å². The molecular formula is C12H22FNO4S. The molecule has 1 aliphatic heterocycles. The van der Waals surface area contributed by atoms with E-state index in [1.807, 2.05) is 20.8 Å². The maximum absolute atomic E-state index is 12.6. The molecular weight excluding hydrogens is 273 g/mol. The van der Waals surface area contributed by atoms with Crippen molar-refractivity contribution in [3.8, 4) is 0 Å². The second-order valence-corrected chi connectivity index (χ2v) is 7.34. The van der Waals surface area contributed by atoms with Gasteiger partial charge in [0.1, 0.15) is 0 Å². The van der Waals surface area contributed by atoms with Crippen molar-refractivity contribution in [3.05, 3.63) is 0 Å². The number of amides is 1. The van der Waals surface area contributed by atoms with E-state index in [0.717, 1.165) is 0 Å². The van der Waals surface area contributed by atoms with Crippen molar-refractivity contribution in [2.45, 2.75) is 39.2 Å². The molecule has 19 heavy (non-hydrogen) atoms. The Hall–Kier alpha value is -0.690. The van der Waals surface area contributed by atoms with E-state index in [4.69, 9.17) is 4.74 Å². The summed E-state index contributed by atoms with van der Waals surface area (Å²) in [4.78, 5) is 13.2. The molecule has 112 valence electrons. The average molecular weight is 295 g/mol. The first kappa shape index (κ1) is 16.4. The Bertz CT molecular complexity index is 416. The van der Waals surface area contributed by atoms with Crippen LogP contribution in [0.3, 0.4) is 0 Å². The standard InChI is InChI=1S/C12H22FNO4S/c1-12(2,3)18-6-4-5-14-8-10(7-11(14)15)9-19(13,16)17/h10H,4-9H2,1-3H3. The highest BCUT2D eigenvalue weighted by Gasteiger charge is 2.32. The number of hydrogen-bond acceptors (Lipinski definition) is 4. The Kier molecular flexibility index (Phi) is 5.32. The van der Waals surface area contributed by atoms with E-state index in [0.29, 0.717) is 26.1 Å². The molecule has 7 heteroatoms. The van der Waals surface area contributed by atoms with Crippen LogP contribution >= 0.6 is 0 Å². The molecule has 0 radical (unpaired) electrons. The van der Waals surface area contributed by atoms with Crippen LogP contribution in [0.25, 0.3) is 0 Å². The zero-order chi connectivity index (χ0) is 14.7.